The fourth-order valence-corrected chi connectivity index (χ4v) is 5.30. The molecule has 0 saturated carbocycles. The zero-order chi connectivity index (χ0) is 26.0. The number of nitro groups is 1. The topological polar surface area (TPSA) is 133 Å². The van der Waals surface area contributed by atoms with Crippen molar-refractivity contribution in [1.82, 2.24) is 10.2 Å². The first kappa shape index (κ1) is 25.2. The van der Waals surface area contributed by atoms with E-state index in [1.54, 1.807) is 30.0 Å². The van der Waals surface area contributed by atoms with E-state index >= 15 is 0 Å². The normalized spacial score (nSPS) is 20.3. The first-order valence-electron chi connectivity index (χ1n) is 11.2. The number of amides is 1. The number of hydrogen-bond acceptors (Lipinski definition) is 10. The SMILES string of the molecule is CCOc1ccc([C@@H]2C(C(=O)OC)=C(C)N[C@H]3S/C(=C\c4ccc([N+](=O)[O-])o4)C(=O)N32)cc1OCC. The molecule has 2 aromatic rings. The van der Waals surface area contributed by atoms with Crippen LogP contribution >= 0.6 is 11.8 Å². The summed E-state index contributed by atoms with van der Waals surface area (Å²) in [4.78, 5) is 38.6. The lowest BCUT2D eigenvalue weighted by Crippen LogP contribution is -2.49. The Labute approximate surface area is 211 Å². The number of furan rings is 1. The molecule has 1 aromatic heterocycles. The van der Waals surface area contributed by atoms with Gasteiger partial charge in [-0.1, -0.05) is 17.8 Å². The number of benzene rings is 1. The number of ether oxygens (including phenoxy) is 3. The third kappa shape index (κ3) is 4.63. The minimum absolute atomic E-state index is 0.173. The average Bonchev–Trinajstić information content (AvgIpc) is 3.44. The Morgan fingerprint density at radius 1 is 1.22 bits per heavy atom. The summed E-state index contributed by atoms with van der Waals surface area (Å²) >= 11 is 1.22. The fourth-order valence-electron chi connectivity index (χ4n) is 4.10. The molecule has 1 saturated heterocycles. The van der Waals surface area contributed by atoms with Crippen LogP contribution in [-0.2, 0) is 14.3 Å². The first-order valence-corrected chi connectivity index (χ1v) is 12.1. The molecule has 2 aliphatic rings. The molecule has 0 aliphatic carbocycles. The van der Waals surface area contributed by atoms with Gasteiger partial charge in [-0.2, -0.15) is 0 Å². The van der Waals surface area contributed by atoms with Crippen LogP contribution in [0.2, 0.25) is 0 Å². The Morgan fingerprint density at radius 2 is 1.94 bits per heavy atom. The highest BCUT2D eigenvalue weighted by Gasteiger charge is 2.48. The van der Waals surface area contributed by atoms with Gasteiger partial charge in [-0.25, -0.2) is 4.79 Å². The molecule has 3 heterocycles. The molecule has 11 nitrogen and oxygen atoms in total. The number of nitrogens with zero attached hydrogens (tertiary/aromatic N) is 2. The maximum atomic E-state index is 13.6. The van der Waals surface area contributed by atoms with Gasteiger partial charge in [0.25, 0.3) is 5.91 Å². The predicted molar refractivity (Wildman–Crippen MR) is 131 cm³/mol. The minimum Gasteiger partial charge on any atom is -0.490 e. The molecule has 4 rings (SSSR count). The lowest BCUT2D eigenvalue weighted by molar-refractivity contribution is -0.402. The summed E-state index contributed by atoms with van der Waals surface area (Å²) in [7, 11) is 1.28. The molecular weight excluding hydrogens is 490 g/mol. The van der Waals surface area contributed by atoms with Gasteiger partial charge in [0.1, 0.15) is 10.7 Å². The highest BCUT2D eigenvalue weighted by Crippen LogP contribution is 2.47. The van der Waals surface area contributed by atoms with Crippen LogP contribution in [0.4, 0.5) is 5.88 Å². The molecule has 1 amide bonds. The second-order valence-electron chi connectivity index (χ2n) is 7.77. The molecular formula is C24H25N3O8S. The van der Waals surface area contributed by atoms with E-state index in [1.807, 2.05) is 13.8 Å². The monoisotopic (exact) mass is 515 g/mol. The number of carbonyl (C=O) groups excluding carboxylic acids is 2. The number of rotatable bonds is 8. The van der Waals surface area contributed by atoms with Gasteiger partial charge >= 0.3 is 11.9 Å². The van der Waals surface area contributed by atoms with Gasteiger partial charge in [0, 0.05) is 11.8 Å². The van der Waals surface area contributed by atoms with Gasteiger partial charge in [0.05, 0.1) is 42.9 Å². The third-order valence-electron chi connectivity index (χ3n) is 5.59. The summed E-state index contributed by atoms with van der Waals surface area (Å²) in [6.07, 6.45) is 1.45. The molecule has 2 atom stereocenters. The maximum Gasteiger partial charge on any atom is 0.433 e. The van der Waals surface area contributed by atoms with Crippen molar-refractivity contribution in [2.45, 2.75) is 32.3 Å². The Morgan fingerprint density at radius 3 is 2.58 bits per heavy atom. The second-order valence-corrected chi connectivity index (χ2v) is 8.90. The van der Waals surface area contributed by atoms with Gasteiger partial charge in [-0.05, 0) is 44.5 Å². The minimum atomic E-state index is -0.782. The third-order valence-corrected chi connectivity index (χ3v) is 6.70. The van der Waals surface area contributed by atoms with E-state index in [4.69, 9.17) is 18.6 Å². The highest BCUT2D eigenvalue weighted by atomic mass is 32.2. The van der Waals surface area contributed by atoms with Crippen LogP contribution in [0.15, 0.2) is 50.9 Å². The Balaban J connectivity index is 1.79. The van der Waals surface area contributed by atoms with Crippen LogP contribution in [0.1, 0.15) is 38.1 Å². The van der Waals surface area contributed by atoms with Gasteiger partial charge in [0.2, 0.25) is 0 Å². The Bertz CT molecular complexity index is 1270. The van der Waals surface area contributed by atoms with Crippen molar-refractivity contribution in [1.29, 1.82) is 0 Å². The van der Waals surface area contributed by atoms with Crippen molar-refractivity contribution in [2.75, 3.05) is 20.3 Å². The summed E-state index contributed by atoms with van der Waals surface area (Å²) in [6.45, 7) is 6.31. The van der Waals surface area contributed by atoms with Gasteiger partial charge in [0.15, 0.2) is 17.0 Å². The molecule has 1 fully saturated rings. The number of carbonyl (C=O) groups is 2. The Kier molecular flexibility index (Phi) is 7.25. The lowest BCUT2D eigenvalue weighted by Gasteiger charge is -2.39. The van der Waals surface area contributed by atoms with Gasteiger partial charge in [-0.3, -0.25) is 19.8 Å². The average molecular weight is 516 g/mol. The van der Waals surface area contributed by atoms with Crippen LogP contribution in [0.5, 0.6) is 11.5 Å². The number of esters is 1. The first-order chi connectivity index (χ1) is 17.3. The zero-order valence-electron chi connectivity index (χ0n) is 20.1. The van der Waals surface area contributed by atoms with Gasteiger partial charge in [-0.15, -0.1) is 0 Å². The van der Waals surface area contributed by atoms with Crippen LogP contribution in [-0.4, -0.2) is 47.5 Å². The molecule has 36 heavy (non-hydrogen) atoms. The maximum absolute atomic E-state index is 13.6. The van der Waals surface area contributed by atoms with Crippen molar-refractivity contribution in [3.05, 3.63) is 67.9 Å². The van der Waals surface area contributed by atoms with E-state index in [-0.39, 0.29) is 17.2 Å². The number of methoxy groups -OCH3 is 1. The van der Waals surface area contributed by atoms with Crippen LogP contribution in [0, 0.1) is 10.1 Å². The molecule has 0 bridgehead atoms. The van der Waals surface area contributed by atoms with Crippen molar-refractivity contribution in [3.63, 3.8) is 0 Å². The van der Waals surface area contributed by atoms with E-state index in [0.29, 0.717) is 40.9 Å². The summed E-state index contributed by atoms with van der Waals surface area (Å²) in [5.41, 5.74) is 0.950. The van der Waals surface area contributed by atoms with Crippen LogP contribution in [0.3, 0.4) is 0 Å². The van der Waals surface area contributed by atoms with E-state index in [1.165, 1.54) is 37.1 Å². The summed E-state index contributed by atoms with van der Waals surface area (Å²) in [5, 5.41) is 14.2. The van der Waals surface area contributed by atoms with E-state index < -0.39 is 28.3 Å². The van der Waals surface area contributed by atoms with Gasteiger partial charge < -0.3 is 23.9 Å². The lowest BCUT2D eigenvalue weighted by atomic mass is 9.93. The largest absolute Gasteiger partial charge is 0.490 e. The summed E-state index contributed by atoms with van der Waals surface area (Å²) in [5.74, 6) is -0.154. The van der Waals surface area contributed by atoms with Crippen molar-refractivity contribution < 1.29 is 33.1 Å². The van der Waals surface area contributed by atoms with Crippen LogP contribution < -0.4 is 14.8 Å². The molecule has 0 unspecified atom stereocenters. The second kappa shape index (κ2) is 10.4. The van der Waals surface area contributed by atoms with Crippen LogP contribution in [0.25, 0.3) is 6.08 Å². The van der Waals surface area contributed by atoms with Crippen molar-refractivity contribution in [2.24, 2.45) is 0 Å². The standard InChI is InChI=1S/C24H25N3O8S/c1-5-33-16-9-7-14(11-17(16)34-6-2)21-20(23(29)32-4)13(3)25-24-26(21)22(28)18(36-24)12-15-8-10-19(35-15)27(30)31/h7-12,21,24-25H,5-6H2,1-4H3/b18-12-/t21-,24-/m1/s1. The molecule has 2 aliphatic heterocycles. The summed E-state index contributed by atoms with van der Waals surface area (Å²) in [6, 6.07) is 7.15. The molecule has 0 spiro atoms. The zero-order valence-corrected chi connectivity index (χ0v) is 20.9. The van der Waals surface area contributed by atoms with E-state index in [9.17, 15) is 19.7 Å². The smallest absolute Gasteiger partial charge is 0.433 e. The van der Waals surface area contributed by atoms with E-state index in [0.717, 1.165) is 0 Å². The number of allylic oxidation sites excluding steroid dienone is 1. The quantitative estimate of drug-likeness (QED) is 0.238. The number of nitrogens with one attached hydrogen (secondary N) is 1. The summed E-state index contributed by atoms with van der Waals surface area (Å²) < 4.78 is 21.7. The number of hydrogen-bond donors (Lipinski definition) is 1. The van der Waals surface area contributed by atoms with E-state index in [2.05, 4.69) is 5.32 Å². The molecule has 190 valence electrons. The number of fused-ring (bicyclic) bond motifs is 1. The highest BCUT2D eigenvalue weighted by molar-refractivity contribution is 8.05. The molecule has 0 radical (unpaired) electrons. The number of thioether (sulfide) groups is 1. The molecule has 1 aromatic carbocycles. The van der Waals surface area contributed by atoms with Crippen molar-refractivity contribution in [3.8, 4) is 11.5 Å². The fraction of sp³-hybridized carbons (Fsp3) is 0.333. The van der Waals surface area contributed by atoms with Crippen molar-refractivity contribution >= 4 is 35.6 Å². The Hall–Kier alpha value is -3.93. The molecule has 1 N–H and O–H groups in total. The molecule has 12 heteroatoms. The predicted octanol–water partition coefficient (Wildman–Crippen LogP) is 3.98.